The topological polar surface area (TPSA) is 63.5 Å². The van der Waals surface area contributed by atoms with E-state index >= 15 is 0 Å². The third-order valence-corrected chi connectivity index (χ3v) is 6.26. The van der Waals surface area contributed by atoms with Gasteiger partial charge in [0.15, 0.2) is 5.03 Å². The van der Waals surface area contributed by atoms with Gasteiger partial charge in [0.1, 0.15) is 5.65 Å². The second-order valence-corrected chi connectivity index (χ2v) is 8.12. The monoisotopic (exact) mass is 333 g/mol. The minimum Gasteiger partial charge on any atom is -0.289 e. The average Bonchev–Trinajstić information content (AvgIpc) is 3.02. The molecule has 1 saturated carbocycles. The van der Waals surface area contributed by atoms with Crippen LogP contribution in [0.5, 0.6) is 0 Å². The van der Waals surface area contributed by atoms with Crippen LogP contribution in [-0.4, -0.2) is 17.8 Å². The van der Waals surface area contributed by atoms with Crippen LogP contribution in [0, 0.1) is 5.92 Å². The molecule has 3 heterocycles. The van der Waals surface area contributed by atoms with Crippen molar-refractivity contribution in [1.29, 1.82) is 0 Å². The number of hydrogen-bond donors (Lipinski definition) is 1. The number of thiophene rings is 1. The molecule has 0 aromatic carbocycles. The minimum absolute atomic E-state index is 0.140. The number of nitrogens with one attached hydrogen (secondary N) is 1. The van der Waals surface area contributed by atoms with Crippen LogP contribution in [0.3, 0.4) is 0 Å². The molecule has 1 unspecified atom stereocenters. The van der Waals surface area contributed by atoms with E-state index in [0.717, 1.165) is 17.7 Å². The van der Waals surface area contributed by atoms with Gasteiger partial charge in [-0.15, -0.1) is 11.3 Å². The van der Waals surface area contributed by atoms with E-state index in [9.17, 15) is 8.42 Å². The smallest absolute Gasteiger partial charge is 0.258 e. The Labute approximate surface area is 132 Å². The molecule has 0 bridgehead atoms. The number of pyridine rings is 1. The number of imidazole rings is 1. The van der Waals surface area contributed by atoms with Crippen LogP contribution < -0.4 is 4.72 Å². The molecule has 0 saturated heterocycles. The van der Waals surface area contributed by atoms with Crippen molar-refractivity contribution in [3.8, 4) is 0 Å². The molecule has 0 radical (unpaired) electrons. The van der Waals surface area contributed by atoms with E-state index in [0.29, 0.717) is 11.6 Å². The lowest BCUT2D eigenvalue weighted by molar-refractivity contribution is 0.530. The molecule has 7 heteroatoms. The van der Waals surface area contributed by atoms with Gasteiger partial charge in [0.05, 0.1) is 12.2 Å². The molecule has 0 amide bonds. The summed E-state index contributed by atoms with van der Waals surface area (Å²) in [5, 5.41) is 2.16. The molecular weight excluding hydrogens is 318 g/mol. The maximum atomic E-state index is 12.8. The molecule has 1 aliphatic rings. The Balaban J connectivity index is 1.71. The molecule has 1 N–H and O–H groups in total. The molecule has 5 nitrogen and oxygen atoms in total. The van der Waals surface area contributed by atoms with Crippen LogP contribution in [-0.2, 0) is 10.0 Å². The van der Waals surface area contributed by atoms with Gasteiger partial charge in [-0.2, -0.15) is 0 Å². The van der Waals surface area contributed by atoms with Gasteiger partial charge >= 0.3 is 0 Å². The fraction of sp³-hybridized carbons (Fsp3) is 0.267. The maximum absolute atomic E-state index is 12.8. The van der Waals surface area contributed by atoms with E-state index in [1.54, 1.807) is 34.1 Å². The Morgan fingerprint density at radius 2 is 2.14 bits per heavy atom. The lowest BCUT2D eigenvalue weighted by atomic mass is 10.2. The molecule has 3 aromatic heterocycles. The summed E-state index contributed by atoms with van der Waals surface area (Å²) < 4.78 is 30.0. The van der Waals surface area contributed by atoms with E-state index in [-0.39, 0.29) is 11.1 Å². The molecule has 1 aliphatic carbocycles. The van der Waals surface area contributed by atoms with Crippen LogP contribution in [0.25, 0.3) is 5.65 Å². The molecule has 22 heavy (non-hydrogen) atoms. The van der Waals surface area contributed by atoms with Gasteiger partial charge in [-0.25, -0.2) is 18.1 Å². The highest BCUT2D eigenvalue weighted by molar-refractivity contribution is 7.89. The summed E-state index contributed by atoms with van der Waals surface area (Å²) in [6.07, 6.45) is 5.26. The lowest BCUT2D eigenvalue weighted by Crippen LogP contribution is -2.30. The van der Waals surface area contributed by atoms with Crippen molar-refractivity contribution < 1.29 is 8.42 Å². The molecule has 0 aliphatic heterocycles. The summed E-state index contributed by atoms with van der Waals surface area (Å²) >= 11 is 1.59. The lowest BCUT2D eigenvalue weighted by Gasteiger charge is -2.16. The van der Waals surface area contributed by atoms with Gasteiger partial charge in [-0.1, -0.05) is 12.1 Å². The average molecular weight is 333 g/mol. The first-order valence-corrected chi connectivity index (χ1v) is 9.49. The first-order chi connectivity index (χ1) is 10.6. The molecule has 0 spiro atoms. The molecule has 3 aromatic rings. The third-order valence-electron chi connectivity index (χ3n) is 3.88. The van der Waals surface area contributed by atoms with Crippen LogP contribution in [0.15, 0.2) is 53.1 Å². The van der Waals surface area contributed by atoms with Crippen molar-refractivity contribution in [1.82, 2.24) is 14.1 Å². The zero-order chi connectivity index (χ0) is 15.2. The predicted octanol–water partition coefficient (Wildman–Crippen LogP) is 2.83. The van der Waals surface area contributed by atoms with E-state index in [4.69, 9.17) is 0 Å². The SMILES string of the molecule is O=S(=O)(NC(c1cccs1)C1CC1)c1cnc2ccccn12. The van der Waals surface area contributed by atoms with E-state index < -0.39 is 10.0 Å². The van der Waals surface area contributed by atoms with Gasteiger partial charge < -0.3 is 0 Å². The van der Waals surface area contributed by atoms with Gasteiger partial charge in [0.2, 0.25) is 0 Å². The molecular formula is C15H15N3O2S2. The van der Waals surface area contributed by atoms with Gasteiger partial charge in [0.25, 0.3) is 10.0 Å². The number of rotatable bonds is 5. The Morgan fingerprint density at radius 3 is 2.86 bits per heavy atom. The number of sulfonamides is 1. The molecule has 114 valence electrons. The predicted molar refractivity (Wildman–Crippen MR) is 85.3 cm³/mol. The zero-order valence-electron chi connectivity index (χ0n) is 11.7. The fourth-order valence-corrected chi connectivity index (χ4v) is 4.94. The van der Waals surface area contributed by atoms with Crippen LogP contribution in [0.4, 0.5) is 0 Å². The molecule has 1 fully saturated rings. The summed E-state index contributed by atoms with van der Waals surface area (Å²) in [5.74, 6) is 0.396. The van der Waals surface area contributed by atoms with Gasteiger partial charge in [-0.3, -0.25) is 4.40 Å². The van der Waals surface area contributed by atoms with Crippen molar-refractivity contribution in [2.24, 2.45) is 5.92 Å². The third kappa shape index (κ3) is 2.45. The fourth-order valence-electron chi connectivity index (χ4n) is 2.62. The normalized spacial score (nSPS) is 16.9. The number of hydrogen-bond acceptors (Lipinski definition) is 4. The maximum Gasteiger partial charge on any atom is 0.258 e. The Hall–Kier alpha value is -1.70. The van der Waals surface area contributed by atoms with Crippen molar-refractivity contribution >= 4 is 27.0 Å². The Kier molecular flexibility index (Phi) is 3.28. The number of aromatic nitrogens is 2. The Morgan fingerprint density at radius 1 is 1.27 bits per heavy atom. The van der Waals surface area contributed by atoms with Crippen molar-refractivity contribution in [3.05, 3.63) is 53.0 Å². The summed E-state index contributed by atoms with van der Waals surface area (Å²) in [5.41, 5.74) is 0.627. The highest BCUT2D eigenvalue weighted by Gasteiger charge is 2.36. The first kappa shape index (κ1) is 13.9. The van der Waals surface area contributed by atoms with Crippen LogP contribution in [0.2, 0.25) is 0 Å². The van der Waals surface area contributed by atoms with Crippen LogP contribution in [0.1, 0.15) is 23.8 Å². The second kappa shape index (κ2) is 5.19. The van der Waals surface area contributed by atoms with Crippen molar-refractivity contribution in [2.75, 3.05) is 0 Å². The van der Waals surface area contributed by atoms with Crippen molar-refractivity contribution in [2.45, 2.75) is 23.9 Å². The standard InChI is InChI=1S/C15H15N3O2S2/c19-22(20,14-10-16-13-5-1-2-8-18(13)14)17-15(11-6-7-11)12-4-3-9-21-12/h1-5,8-11,15,17H,6-7H2. The van der Waals surface area contributed by atoms with Gasteiger partial charge in [0, 0.05) is 11.1 Å². The highest BCUT2D eigenvalue weighted by Crippen LogP contribution is 2.43. The summed E-state index contributed by atoms with van der Waals surface area (Å²) in [4.78, 5) is 5.23. The van der Waals surface area contributed by atoms with Crippen molar-refractivity contribution in [3.63, 3.8) is 0 Å². The number of nitrogens with zero attached hydrogens (tertiary/aromatic N) is 2. The Bertz CT molecular complexity index is 896. The molecule has 4 rings (SSSR count). The summed E-state index contributed by atoms with van der Waals surface area (Å²) in [7, 11) is -3.62. The largest absolute Gasteiger partial charge is 0.289 e. The summed E-state index contributed by atoms with van der Waals surface area (Å²) in [6, 6.07) is 9.23. The van der Waals surface area contributed by atoms with Crippen LogP contribution >= 0.6 is 11.3 Å². The van der Waals surface area contributed by atoms with E-state index in [1.807, 2.05) is 23.6 Å². The molecule has 1 atom stereocenters. The first-order valence-electron chi connectivity index (χ1n) is 7.13. The zero-order valence-corrected chi connectivity index (χ0v) is 13.3. The van der Waals surface area contributed by atoms with E-state index in [1.165, 1.54) is 6.20 Å². The number of fused-ring (bicyclic) bond motifs is 1. The van der Waals surface area contributed by atoms with E-state index in [2.05, 4.69) is 9.71 Å². The van der Waals surface area contributed by atoms with Gasteiger partial charge in [-0.05, 0) is 42.3 Å². The highest BCUT2D eigenvalue weighted by atomic mass is 32.2. The quantitative estimate of drug-likeness (QED) is 0.781. The summed E-state index contributed by atoms with van der Waals surface area (Å²) in [6.45, 7) is 0. The second-order valence-electron chi connectivity index (χ2n) is 5.48. The minimum atomic E-state index is -3.62.